The molecular formula is C9H20N2O. The molecule has 2 N–H and O–H groups in total. The molecule has 0 aliphatic carbocycles. The van der Waals surface area contributed by atoms with Crippen molar-refractivity contribution in [3.8, 4) is 0 Å². The predicted molar refractivity (Wildman–Crippen MR) is 51.0 cm³/mol. The van der Waals surface area contributed by atoms with Crippen molar-refractivity contribution in [3.63, 3.8) is 0 Å². The molecule has 12 heavy (non-hydrogen) atoms. The number of hydrogen-bond acceptors (Lipinski definition) is 2. The summed E-state index contributed by atoms with van der Waals surface area (Å²) in [4.78, 5) is 10.8. The number of amides is 1. The molecule has 0 aromatic heterocycles. The smallest absolute Gasteiger partial charge is 0.233 e. The van der Waals surface area contributed by atoms with Gasteiger partial charge < -0.3 is 10.6 Å². The van der Waals surface area contributed by atoms with Crippen molar-refractivity contribution in [3.05, 3.63) is 0 Å². The van der Waals surface area contributed by atoms with Gasteiger partial charge in [0.25, 0.3) is 0 Å². The summed E-state index contributed by atoms with van der Waals surface area (Å²) in [7, 11) is 1.65. The highest BCUT2D eigenvalue weighted by Crippen LogP contribution is 2.02. The minimum atomic E-state index is 0.0469. The highest BCUT2D eigenvalue weighted by atomic mass is 16.1. The van der Waals surface area contributed by atoms with Crippen LogP contribution in [0.4, 0.5) is 0 Å². The summed E-state index contributed by atoms with van der Waals surface area (Å²) in [5.41, 5.74) is 0. The number of likely N-dealkylation sites (N-methyl/N-ethyl adjacent to an activating group) is 1. The molecule has 1 unspecified atom stereocenters. The van der Waals surface area contributed by atoms with Gasteiger partial charge in [-0.1, -0.05) is 13.8 Å². The summed E-state index contributed by atoms with van der Waals surface area (Å²) in [5.74, 6) is 0.725. The van der Waals surface area contributed by atoms with Crippen molar-refractivity contribution in [2.24, 2.45) is 5.92 Å². The van der Waals surface area contributed by atoms with Crippen LogP contribution < -0.4 is 10.6 Å². The zero-order chi connectivity index (χ0) is 9.56. The molecule has 1 atom stereocenters. The Kier molecular flexibility index (Phi) is 5.72. The van der Waals surface area contributed by atoms with E-state index in [-0.39, 0.29) is 5.91 Å². The van der Waals surface area contributed by atoms with Gasteiger partial charge in [-0.2, -0.15) is 0 Å². The van der Waals surface area contributed by atoms with Crippen LogP contribution in [0.1, 0.15) is 27.2 Å². The van der Waals surface area contributed by atoms with E-state index in [0.717, 1.165) is 6.42 Å². The number of rotatable bonds is 5. The summed E-state index contributed by atoms with van der Waals surface area (Å²) in [6.07, 6.45) is 1.11. The molecule has 0 aromatic rings. The second-order valence-corrected chi connectivity index (χ2v) is 3.58. The lowest BCUT2D eigenvalue weighted by molar-refractivity contribution is -0.119. The first-order valence-electron chi connectivity index (χ1n) is 4.50. The van der Waals surface area contributed by atoms with E-state index in [1.165, 1.54) is 0 Å². The second-order valence-electron chi connectivity index (χ2n) is 3.58. The Morgan fingerprint density at radius 1 is 1.33 bits per heavy atom. The maximum absolute atomic E-state index is 10.8. The van der Waals surface area contributed by atoms with Crippen LogP contribution in [0.5, 0.6) is 0 Å². The quantitative estimate of drug-likeness (QED) is 0.642. The fourth-order valence-electron chi connectivity index (χ4n) is 1.15. The van der Waals surface area contributed by atoms with Crippen LogP contribution >= 0.6 is 0 Å². The van der Waals surface area contributed by atoms with Gasteiger partial charge in [0.05, 0.1) is 6.54 Å². The first-order valence-corrected chi connectivity index (χ1v) is 4.50. The van der Waals surface area contributed by atoms with Crippen LogP contribution in [-0.4, -0.2) is 25.5 Å². The monoisotopic (exact) mass is 172 g/mol. The molecule has 0 aliphatic heterocycles. The van der Waals surface area contributed by atoms with Crippen LogP contribution in [-0.2, 0) is 4.79 Å². The Hall–Kier alpha value is -0.570. The fraction of sp³-hybridized carbons (Fsp3) is 0.889. The molecule has 3 heteroatoms. The van der Waals surface area contributed by atoms with Crippen LogP contribution in [0.15, 0.2) is 0 Å². The van der Waals surface area contributed by atoms with Gasteiger partial charge in [-0.15, -0.1) is 0 Å². The zero-order valence-electron chi connectivity index (χ0n) is 8.48. The number of carbonyl (C=O) groups is 1. The molecule has 0 fully saturated rings. The van der Waals surface area contributed by atoms with Crippen LogP contribution in [0.2, 0.25) is 0 Å². The maximum atomic E-state index is 10.8. The zero-order valence-corrected chi connectivity index (χ0v) is 8.48. The first kappa shape index (κ1) is 11.4. The molecule has 0 radical (unpaired) electrons. The molecule has 3 nitrogen and oxygen atoms in total. The number of carbonyl (C=O) groups excluding carboxylic acids is 1. The van der Waals surface area contributed by atoms with Crippen molar-refractivity contribution in [1.29, 1.82) is 0 Å². The van der Waals surface area contributed by atoms with E-state index in [1.54, 1.807) is 7.05 Å². The van der Waals surface area contributed by atoms with Crippen molar-refractivity contribution in [2.45, 2.75) is 33.2 Å². The summed E-state index contributed by atoms with van der Waals surface area (Å²) in [6.45, 7) is 6.88. The molecule has 0 aromatic carbocycles. The third kappa shape index (κ3) is 6.16. The van der Waals surface area contributed by atoms with E-state index in [9.17, 15) is 4.79 Å². The van der Waals surface area contributed by atoms with E-state index in [4.69, 9.17) is 0 Å². The van der Waals surface area contributed by atoms with E-state index in [0.29, 0.717) is 18.5 Å². The lowest BCUT2D eigenvalue weighted by atomic mass is 10.1. The fourth-order valence-corrected chi connectivity index (χ4v) is 1.15. The second kappa shape index (κ2) is 6.00. The SMILES string of the molecule is CNC(=O)CNC(C)CC(C)C. The summed E-state index contributed by atoms with van der Waals surface area (Å²) in [5, 5.41) is 5.72. The Bertz CT molecular complexity index is 134. The Morgan fingerprint density at radius 3 is 2.33 bits per heavy atom. The Labute approximate surface area is 74.9 Å². The molecular weight excluding hydrogens is 152 g/mol. The maximum Gasteiger partial charge on any atom is 0.233 e. The van der Waals surface area contributed by atoms with Gasteiger partial charge in [0.15, 0.2) is 0 Å². The lowest BCUT2D eigenvalue weighted by Gasteiger charge is -2.14. The topological polar surface area (TPSA) is 41.1 Å². The van der Waals surface area contributed by atoms with Gasteiger partial charge in [-0.05, 0) is 19.3 Å². The van der Waals surface area contributed by atoms with Crippen molar-refractivity contribution < 1.29 is 4.79 Å². The van der Waals surface area contributed by atoms with Crippen LogP contribution in [0.3, 0.4) is 0 Å². The molecule has 0 spiro atoms. The van der Waals surface area contributed by atoms with Crippen LogP contribution in [0, 0.1) is 5.92 Å². The van der Waals surface area contributed by atoms with E-state index in [2.05, 4.69) is 31.4 Å². The molecule has 0 heterocycles. The van der Waals surface area contributed by atoms with Crippen molar-refractivity contribution in [2.75, 3.05) is 13.6 Å². The minimum Gasteiger partial charge on any atom is -0.358 e. The van der Waals surface area contributed by atoms with Gasteiger partial charge in [0.1, 0.15) is 0 Å². The Morgan fingerprint density at radius 2 is 1.92 bits per heavy atom. The van der Waals surface area contributed by atoms with E-state index in [1.807, 2.05) is 0 Å². The first-order chi connectivity index (χ1) is 5.56. The third-order valence-electron chi connectivity index (χ3n) is 1.71. The number of hydrogen-bond donors (Lipinski definition) is 2. The standard InChI is InChI=1S/C9H20N2O/c1-7(2)5-8(3)11-6-9(12)10-4/h7-8,11H,5-6H2,1-4H3,(H,10,12). The van der Waals surface area contributed by atoms with E-state index < -0.39 is 0 Å². The van der Waals surface area contributed by atoms with Gasteiger partial charge in [0, 0.05) is 13.1 Å². The molecule has 72 valence electrons. The minimum absolute atomic E-state index is 0.0469. The highest BCUT2D eigenvalue weighted by Gasteiger charge is 2.05. The van der Waals surface area contributed by atoms with Gasteiger partial charge in [-0.3, -0.25) is 4.79 Å². The van der Waals surface area contributed by atoms with Gasteiger partial charge in [-0.25, -0.2) is 0 Å². The predicted octanol–water partition coefficient (Wildman–Crippen LogP) is 0.757. The average Bonchev–Trinajstić information content (AvgIpc) is 1.99. The summed E-state index contributed by atoms with van der Waals surface area (Å²) < 4.78 is 0. The third-order valence-corrected chi connectivity index (χ3v) is 1.71. The molecule has 1 amide bonds. The largest absolute Gasteiger partial charge is 0.358 e. The Balaban J connectivity index is 3.43. The van der Waals surface area contributed by atoms with E-state index >= 15 is 0 Å². The van der Waals surface area contributed by atoms with Crippen molar-refractivity contribution >= 4 is 5.91 Å². The molecule has 0 aliphatic rings. The average molecular weight is 172 g/mol. The normalized spacial score (nSPS) is 13.1. The van der Waals surface area contributed by atoms with Gasteiger partial charge in [0.2, 0.25) is 5.91 Å². The van der Waals surface area contributed by atoms with Crippen molar-refractivity contribution in [1.82, 2.24) is 10.6 Å². The van der Waals surface area contributed by atoms with Crippen LogP contribution in [0.25, 0.3) is 0 Å². The number of nitrogens with one attached hydrogen (secondary N) is 2. The molecule has 0 bridgehead atoms. The molecule has 0 saturated heterocycles. The van der Waals surface area contributed by atoms with Gasteiger partial charge >= 0.3 is 0 Å². The summed E-state index contributed by atoms with van der Waals surface area (Å²) >= 11 is 0. The highest BCUT2D eigenvalue weighted by molar-refractivity contribution is 5.77. The summed E-state index contributed by atoms with van der Waals surface area (Å²) in [6, 6.07) is 0.419. The molecule has 0 saturated carbocycles. The lowest BCUT2D eigenvalue weighted by Crippen LogP contribution is -2.37. The molecule has 0 rings (SSSR count).